The van der Waals surface area contributed by atoms with Crippen molar-refractivity contribution in [3.05, 3.63) is 23.0 Å². The number of aromatic nitrogens is 1. The summed E-state index contributed by atoms with van der Waals surface area (Å²) in [6, 6.07) is 1.88. The Kier molecular flexibility index (Phi) is 3.71. The van der Waals surface area contributed by atoms with Crippen LogP contribution in [0.3, 0.4) is 0 Å². The minimum absolute atomic E-state index is 0.0609. The summed E-state index contributed by atoms with van der Waals surface area (Å²) in [5, 5.41) is 3.93. The number of fused-ring (bicyclic) bond motifs is 2. The Morgan fingerprint density at radius 2 is 2.09 bits per heavy atom. The maximum atomic E-state index is 12.2. The van der Waals surface area contributed by atoms with Crippen LogP contribution in [0.5, 0.6) is 0 Å². The van der Waals surface area contributed by atoms with E-state index in [0.29, 0.717) is 18.2 Å². The molecule has 1 amide bonds. The van der Waals surface area contributed by atoms with Crippen molar-refractivity contribution in [2.24, 2.45) is 0 Å². The van der Waals surface area contributed by atoms with E-state index in [2.05, 4.69) is 10.3 Å². The zero-order valence-corrected chi connectivity index (χ0v) is 14.0. The first-order valence-corrected chi connectivity index (χ1v) is 8.05. The molecule has 1 N–H and O–H groups in total. The smallest absolute Gasteiger partial charge is 0.410 e. The molecular weight excluding hydrogens is 302 g/mol. The third kappa shape index (κ3) is 2.86. The first-order valence-electron chi connectivity index (χ1n) is 7.67. The molecule has 1 aromatic rings. The van der Waals surface area contributed by atoms with Gasteiger partial charge in [-0.25, -0.2) is 9.78 Å². The van der Waals surface area contributed by atoms with Crippen LogP contribution in [-0.2, 0) is 10.2 Å². The standard InChI is InChI=1S/C16H22ClN3O2/c1-15(2,3)22-14(21)20-6-4-16(5-7-20)10-19-12-8-13(17)18-9-11(12)16/h8-9,19H,4-7,10H2,1-3H3. The molecule has 0 radical (unpaired) electrons. The van der Waals surface area contributed by atoms with Crippen LogP contribution in [-0.4, -0.2) is 41.2 Å². The van der Waals surface area contributed by atoms with Gasteiger partial charge in [0, 0.05) is 42.5 Å². The highest BCUT2D eigenvalue weighted by Gasteiger charge is 2.43. The van der Waals surface area contributed by atoms with E-state index in [1.54, 1.807) is 4.90 Å². The Labute approximate surface area is 136 Å². The number of hydrogen-bond acceptors (Lipinski definition) is 4. The number of amides is 1. The fourth-order valence-electron chi connectivity index (χ4n) is 3.25. The van der Waals surface area contributed by atoms with Crippen LogP contribution in [0.1, 0.15) is 39.2 Å². The molecule has 120 valence electrons. The molecule has 0 saturated carbocycles. The normalized spacial score (nSPS) is 19.7. The van der Waals surface area contributed by atoms with E-state index in [1.807, 2.05) is 33.0 Å². The maximum Gasteiger partial charge on any atom is 0.410 e. The molecule has 0 unspecified atom stereocenters. The van der Waals surface area contributed by atoms with E-state index in [0.717, 1.165) is 25.1 Å². The molecule has 1 aromatic heterocycles. The summed E-state index contributed by atoms with van der Waals surface area (Å²) >= 11 is 5.96. The van der Waals surface area contributed by atoms with Gasteiger partial charge in [-0.2, -0.15) is 0 Å². The van der Waals surface area contributed by atoms with Crippen LogP contribution < -0.4 is 5.32 Å². The Balaban J connectivity index is 1.69. The minimum Gasteiger partial charge on any atom is -0.444 e. The van der Waals surface area contributed by atoms with Crippen molar-refractivity contribution in [3.63, 3.8) is 0 Å². The second kappa shape index (κ2) is 5.30. The molecular formula is C16H22ClN3O2. The Morgan fingerprint density at radius 1 is 1.41 bits per heavy atom. The van der Waals surface area contributed by atoms with Gasteiger partial charge >= 0.3 is 6.09 Å². The van der Waals surface area contributed by atoms with E-state index >= 15 is 0 Å². The number of rotatable bonds is 0. The quantitative estimate of drug-likeness (QED) is 0.743. The molecule has 1 saturated heterocycles. The molecule has 22 heavy (non-hydrogen) atoms. The molecule has 3 rings (SSSR count). The Morgan fingerprint density at radius 3 is 2.73 bits per heavy atom. The minimum atomic E-state index is -0.450. The van der Waals surface area contributed by atoms with E-state index in [-0.39, 0.29) is 11.5 Å². The van der Waals surface area contributed by atoms with Crippen molar-refractivity contribution in [1.29, 1.82) is 0 Å². The van der Waals surface area contributed by atoms with Crippen molar-refractivity contribution in [2.45, 2.75) is 44.6 Å². The highest BCUT2D eigenvalue weighted by molar-refractivity contribution is 6.29. The molecule has 1 spiro atoms. The zero-order chi connectivity index (χ0) is 16.0. The molecule has 2 aliphatic heterocycles. The molecule has 3 heterocycles. The van der Waals surface area contributed by atoms with Gasteiger partial charge in [0.15, 0.2) is 0 Å². The summed E-state index contributed by atoms with van der Waals surface area (Å²) in [6.07, 6.45) is 3.48. The first-order chi connectivity index (χ1) is 10.3. The van der Waals surface area contributed by atoms with Crippen LogP contribution in [0.25, 0.3) is 0 Å². The van der Waals surface area contributed by atoms with Crippen LogP contribution in [0.4, 0.5) is 10.5 Å². The molecule has 0 aliphatic carbocycles. The van der Waals surface area contributed by atoms with Gasteiger partial charge in [0.2, 0.25) is 0 Å². The number of piperidine rings is 1. The Bertz CT molecular complexity index is 590. The lowest BCUT2D eigenvalue weighted by Gasteiger charge is -2.39. The molecule has 0 aromatic carbocycles. The van der Waals surface area contributed by atoms with Crippen LogP contribution in [0.2, 0.25) is 5.15 Å². The van der Waals surface area contributed by atoms with E-state index in [1.165, 1.54) is 5.56 Å². The van der Waals surface area contributed by atoms with Crippen LogP contribution in [0.15, 0.2) is 12.3 Å². The highest BCUT2D eigenvalue weighted by Crippen LogP contribution is 2.44. The summed E-state index contributed by atoms with van der Waals surface area (Å²) in [7, 11) is 0. The molecule has 6 heteroatoms. The van der Waals surface area contributed by atoms with E-state index < -0.39 is 5.60 Å². The number of hydrogen-bond donors (Lipinski definition) is 1. The van der Waals surface area contributed by atoms with Gasteiger partial charge in [0.25, 0.3) is 0 Å². The summed E-state index contributed by atoms with van der Waals surface area (Å²) in [4.78, 5) is 18.2. The van der Waals surface area contributed by atoms with Crippen molar-refractivity contribution >= 4 is 23.4 Å². The average molecular weight is 324 g/mol. The number of ether oxygens (including phenoxy) is 1. The van der Waals surface area contributed by atoms with Crippen molar-refractivity contribution < 1.29 is 9.53 Å². The zero-order valence-electron chi connectivity index (χ0n) is 13.3. The number of pyridine rings is 1. The third-order valence-corrected chi connectivity index (χ3v) is 4.64. The first kappa shape index (κ1) is 15.4. The lowest BCUT2D eigenvalue weighted by molar-refractivity contribution is 0.0172. The van der Waals surface area contributed by atoms with E-state index in [9.17, 15) is 4.79 Å². The summed E-state index contributed by atoms with van der Waals surface area (Å²) < 4.78 is 5.46. The number of carbonyl (C=O) groups excluding carboxylic acids is 1. The second-order valence-electron chi connectivity index (χ2n) is 7.15. The monoisotopic (exact) mass is 323 g/mol. The van der Waals surface area contributed by atoms with E-state index in [4.69, 9.17) is 16.3 Å². The summed E-state index contributed by atoms with van der Waals surface area (Å²) in [6.45, 7) is 7.97. The molecule has 5 nitrogen and oxygen atoms in total. The molecule has 0 atom stereocenters. The van der Waals surface area contributed by atoms with Crippen molar-refractivity contribution in [2.75, 3.05) is 25.0 Å². The number of halogens is 1. The summed E-state index contributed by atoms with van der Waals surface area (Å²) in [5.41, 5.74) is 1.91. The van der Waals surface area contributed by atoms with Crippen LogP contribution in [0, 0.1) is 0 Å². The molecule has 1 fully saturated rings. The average Bonchev–Trinajstić information content (AvgIpc) is 2.76. The fraction of sp³-hybridized carbons (Fsp3) is 0.625. The van der Waals surface area contributed by atoms with Gasteiger partial charge < -0.3 is 15.0 Å². The largest absolute Gasteiger partial charge is 0.444 e. The van der Waals surface area contributed by atoms with Gasteiger partial charge in [-0.15, -0.1) is 0 Å². The number of carbonyl (C=O) groups is 1. The lowest BCUT2D eigenvalue weighted by Crippen LogP contribution is -2.47. The highest BCUT2D eigenvalue weighted by atomic mass is 35.5. The predicted octanol–water partition coefficient (Wildman–Crippen LogP) is 3.43. The number of nitrogens with one attached hydrogen (secondary N) is 1. The van der Waals surface area contributed by atoms with Crippen molar-refractivity contribution in [1.82, 2.24) is 9.88 Å². The maximum absolute atomic E-state index is 12.2. The number of likely N-dealkylation sites (tertiary alicyclic amines) is 1. The summed E-state index contributed by atoms with van der Waals surface area (Å²) in [5.74, 6) is 0. The third-order valence-electron chi connectivity index (χ3n) is 4.43. The lowest BCUT2D eigenvalue weighted by atomic mass is 9.75. The number of nitrogens with zero attached hydrogens (tertiary/aromatic N) is 2. The topological polar surface area (TPSA) is 54.5 Å². The van der Waals surface area contributed by atoms with Crippen LogP contribution >= 0.6 is 11.6 Å². The van der Waals surface area contributed by atoms with Crippen molar-refractivity contribution in [3.8, 4) is 0 Å². The fourth-order valence-corrected chi connectivity index (χ4v) is 3.41. The van der Waals surface area contributed by atoms with Gasteiger partial charge in [-0.05, 0) is 39.7 Å². The van der Waals surface area contributed by atoms with Gasteiger partial charge in [0.1, 0.15) is 10.8 Å². The second-order valence-corrected chi connectivity index (χ2v) is 7.54. The molecule has 2 aliphatic rings. The van der Waals surface area contributed by atoms with Gasteiger partial charge in [0.05, 0.1) is 0 Å². The number of anilines is 1. The Hall–Kier alpha value is -1.49. The SMILES string of the molecule is CC(C)(C)OC(=O)N1CCC2(CC1)CNc1cc(Cl)ncc12. The molecule has 0 bridgehead atoms. The van der Waals surface area contributed by atoms with Gasteiger partial charge in [-0.1, -0.05) is 11.6 Å². The van der Waals surface area contributed by atoms with Gasteiger partial charge in [-0.3, -0.25) is 0 Å². The predicted molar refractivity (Wildman–Crippen MR) is 86.5 cm³/mol.